The van der Waals surface area contributed by atoms with Gasteiger partial charge in [-0.2, -0.15) is 0 Å². The Bertz CT molecular complexity index is 1080. The minimum absolute atomic E-state index is 0.0974. The van der Waals surface area contributed by atoms with Crippen LogP contribution in [0.3, 0.4) is 0 Å². The topological polar surface area (TPSA) is 136 Å². The minimum Gasteiger partial charge on any atom is -0.458 e. The Balaban J connectivity index is 1.83. The maximum atomic E-state index is 13.3. The van der Waals surface area contributed by atoms with Crippen LogP contribution in [-0.4, -0.2) is 62.9 Å². The van der Waals surface area contributed by atoms with Crippen molar-refractivity contribution in [2.45, 2.75) is 117 Å². The first-order valence-electron chi connectivity index (χ1n) is 13.7. The Hall–Kier alpha value is -2.14. The average molecular weight is 566 g/mol. The van der Waals surface area contributed by atoms with Crippen molar-refractivity contribution in [3.05, 3.63) is 21.7 Å². The van der Waals surface area contributed by atoms with E-state index in [0.29, 0.717) is 17.1 Å². The fraction of sp³-hybridized carbons (Fsp3) is 0.724. The van der Waals surface area contributed by atoms with Gasteiger partial charge in [-0.1, -0.05) is 34.1 Å². The number of cyclic esters (lactones) is 1. The summed E-state index contributed by atoms with van der Waals surface area (Å²) in [5.74, 6) is -2.07. The van der Waals surface area contributed by atoms with E-state index < -0.39 is 35.6 Å². The zero-order valence-electron chi connectivity index (χ0n) is 24.1. The van der Waals surface area contributed by atoms with Crippen LogP contribution in [0.1, 0.15) is 91.3 Å². The third kappa shape index (κ3) is 7.96. The van der Waals surface area contributed by atoms with Gasteiger partial charge >= 0.3 is 11.9 Å². The molecule has 0 bridgehead atoms. The number of ether oxygens (including phenoxy) is 3. The first-order valence-corrected chi connectivity index (χ1v) is 14.6. The third-order valence-electron chi connectivity index (χ3n) is 8.26. The molecule has 0 aromatic carbocycles. The molecule has 0 saturated carbocycles. The Morgan fingerprint density at radius 2 is 1.92 bits per heavy atom. The van der Waals surface area contributed by atoms with Gasteiger partial charge in [0.2, 0.25) is 0 Å². The van der Waals surface area contributed by atoms with Gasteiger partial charge in [0.05, 0.1) is 41.4 Å². The Morgan fingerprint density at radius 3 is 2.59 bits per heavy atom. The van der Waals surface area contributed by atoms with E-state index in [2.05, 4.69) is 4.98 Å². The number of esters is 2. The van der Waals surface area contributed by atoms with Crippen molar-refractivity contribution in [2.75, 3.05) is 0 Å². The van der Waals surface area contributed by atoms with Gasteiger partial charge in [-0.25, -0.2) is 4.98 Å². The number of fused-ring (bicyclic) bond motifs is 1. The van der Waals surface area contributed by atoms with Crippen LogP contribution < -0.4 is 0 Å². The molecule has 218 valence electrons. The van der Waals surface area contributed by atoms with Crippen molar-refractivity contribution in [3.8, 4) is 0 Å². The fourth-order valence-electron chi connectivity index (χ4n) is 5.24. The lowest BCUT2D eigenvalue weighted by molar-refractivity contribution is -0.154. The van der Waals surface area contributed by atoms with Crippen LogP contribution in [0.4, 0.5) is 0 Å². The van der Waals surface area contributed by atoms with Gasteiger partial charge in [0.25, 0.3) is 0 Å². The molecule has 0 radical (unpaired) electrons. The molecule has 1 aromatic rings. The van der Waals surface area contributed by atoms with Gasteiger partial charge in [-0.05, 0) is 44.3 Å². The van der Waals surface area contributed by atoms with Crippen LogP contribution in [0.5, 0.6) is 0 Å². The summed E-state index contributed by atoms with van der Waals surface area (Å²) in [7, 11) is 0. The molecule has 0 spiro atoms. The van der Waals surface area contributed by atoms with Crippen molar-refractivity contribution in [1.29, 1.82) is 0 Å². The quantitative estimate of drug-likeness (QED) is 0.406. The predicted molar refractivity (Wildman–Crippen MR) is 147 cm³/mol. The van der Waals surface area contributed by atoms with Crippen LogP contribution in [0, 0.1) is 17.3 Å². The molecule has 3 rings (SSSR count). The molecule has 9 nitrogen and oxygen atoms in total. The number of ketones is 1. The summed E-state index contributed by atoms with van der Waals surface area (Å²) in [6.07, 6.45) is 1.44. The number of epoxide rings is 1. The second-order valence-corrected chi connectivity index (χ2v) is 12.9. The zero-order chi connectivity index (χ0) is 29.1. The van der Waals surface area contributed by atoms with Gasteiger partial charge in [-0.15, -0.1) is 11.3 Å². The number of nitrogens with zero attached hydrogens (tertiary/aromatic N) is 1. The van der Waals surface area contributed by atoms with Crippen LogP contribution in [0.25, 0.3) is 6.08 Å². The average Bonchev–Trinajstić information content (AvgIpc) is 3.27. The lowest BCUT2D eigenvalue weighted by atomic mass is 9.73. The normalized spacial score (nSPS) is 34.6. The molecule has 1 unspecified atom stereocenters. The van der Waals surface area contributed by atoms with Crippen molar-refractivity contribution < 1.29 is 38.8 Å². The maximum Gasteiger partial charge on any atom is 0.309 e. The summed E-state index contributed by atoms with van der Waals surface area (Å²) >= 11 is 1.37. The highest BCUT2D eigenvalue weighted by Crippen LogP contribution is 2.45. The molecule has 2 aliphatic rings. The molecular formula is C29H43NO8S. The highest BCUT2D eigenvalue weighted by atomic mass is 32.1. The number of rotatable bonds is 4. The largest absolute Gasteiger partial charge is 0.458 e. The summed E-state index contributed by atoms with van der Waals surface area (Å²) < 4.78 is 17.0. The number of carbonyl (C=O) groups is 3. The van der Waals surface area contributed by atoms with E-state index in [1.807, 2.05) is 32.2 Å². The van der Waals surface area contributed by atoms with Gasteiger partial charge in [0.15, 0.2) is 0 Å². The van der Waals surface area contributed by atoms with E-state index in [9.17, 15) is 24.6 Å². The molecule has 2 aliphatic heterocycles. The lowest BCUT2D eigenvalue weighted by Crippen LogP contribution is -2.45. The van der Waals surface area contributed by atoms with E-state index >= 15 is 0 Å². The highest BCUT2D eigenvalue weighted by molar-refractivity contribution is 7.09. The summed E-state index contributed by atoms with van der Waals surface area (Å²) in [5.41, 5.74) is -0.168. The third-order valence-corrected chi connectivity index (χ3v) is 9.10. The van der Waals surface area contributed by atoms with E-state index in [1.54, 1.807) is 20.8 Å². The molecular weight excluding hydrogens is 522 g/mol. The summed E-state index contributed by atoms with van der Waals surface area (Å²) in [6, 6.07) is 0. The molecule has 2 fully saturated rings. The van der Waals surface area contributed by atoms with Crippen molar-refractivity contribution in [3.63, 3.8) is 0 Å². The van der Waals surface area contributed by atoms with Gasteiger partial charge in [-0.3, -0.25) is 14.4 Å². The van der Waals surface area contributed by atoms with Gasteiger partial charge in [0, 0.05) is 24.6 Å². The van der Waals surface area contributed by atoms with Crippen molar-refractivity contribution >= 4 is 35.1 Å². The molecule has 2 saturated heterocycles. The standard InChI is InChI=1S/C29H43NO8S/c1-16-9-8-10-29(7)23(38-29)12-21(17(2)11-20-15-39-24(30-20)14-36-19(4)31)37-25(33)13-22(32)28(5,6)27(35)18(3)26(16)34/h11,15-16,18,21-23,26,32,34H,8-10,12-14H2,1-7H3/b17-11+/t16-,18+,21-,22-,23-,26?,29+/m0/s1. The summed E-state index contributed by atoms with van der Waals surface area (Å²) in [5, 5.41) is 24.3. The monoisotopic (exact) mass is 565 g/mol. The van der Waals surface area contributed by atoms with Crippen LogP contribution in [-0.2, 0) is 35.2 Å². The molecule has 39 heavy (non-hydrogen) atoms. The van der Waals surface area contributed by atoms with Crippen LogP contribution in [0.2, 0.25) is 0 Å². The van der Waals surface area contributed by atoms with Crippen LogP contribution >= 0.6 is 11.3 Å². The SMILES string of the molecule is CC(=O)OCc1nc(/C=C(\C)[C@@H]2C[C@@H]3O[C@]3(C)CCC[C@H](C)C(O)[C@@H](C)C(=O)C(C)(C)[C@@H](O)CC(=O)O2)cs1. The zero-order valence-corrected chi connectivity index (χ0v) is 24.9. The van der Waals surface area contributed by atoms with E-state index in [-0.39, 0.29) is 42.4 Å². The molecule has 10 heteroatoms. The van der Waals surface area contributed by atoms with Crippen LogP contribution in [0.15, 0.2) is 11.0 Å². The van der Waals surface area contributed by atoms with Gasteiger partial charge in [0.1, 0.15) is 23.5 Å². The summed E-state index contributed by atoms with van der Waals surface area (Å²) in [6.45, 7) is 12.2. The van der Waals surface area contributed by atoms with Gasteiger partial charge < -0.3 is 24.4 Å². The van der Waals surface area contributed by atoms with E-state index in [1.165, 1.54) is 18.3 Å². The fourth-order valence-corrected chi connectivity index (χ4v) is 5.90. The Morgan fingerprint density at radius 1 is 1.23 bits per heavy atom. The molecule has 7 atom stereocenters. The Labute approximate surface area is 234 Å². The maximum absolute atomic E-state index is 13.3. The number of aliphatic hydroxyl groups excluding tert-OH is 2. The second-order valence-electron chi connectivity index (χ2n) is 11.9. The predicted octanol–water partition coefficient (Wildman–Crippen LogP) is 4.23. The lowest BCUT2D eigenvalue weighted by Gasteiger charge is -2.34. The number of aliphatic hydroxyl groups is 2. The minimum atomic E-state index is -1.27. The molecule has 0 amide bonds. The van der Waals surface area contributed by atoms with E-state index in [4.69, 9.17) is 14.2 Å². The van der Waals surface area contributed by atoms with Crippen molar-refractivity contribution in [1.82, 2.24) is 4.98 Å². The van der Waals surface area contributed by atoms with Crippen molar-refractivity contribution in [2.24, 2.45) is 17.3 Å². The number of hydrogen-bond acceptors (Lipinski definition) is 10. The number of Topliss-reactive ketones (excluding diaryl/α,β-unsaturated/α-hetero) is 1. The Kier molecular flexibility index (Phi) is 10.1. The molecule has 2 N–H and O–H groups in total. The highest BCUT2D eigenvalue weighted by Gasteiger charge is 2.53. The second kappa shape index (κ2) is 12.6. The number of hydrogen-bond donors (Lipinski definition) is 2. The first-order chi connectivity index (χ1) is 18.1. The smallest absolute Gasteiger partial charge is 0.309 e. The molecule has 0 aliphatic carbocycles. The molecule has 1 aromatic heterocycles. The first kappa shape index (κ1) is 31.4. The summed E-state index contributed by atoms with van der Waals surface area (Å²) in [4.78, 5) is 41.9. The number of aromatic nitrogens is 1. The number of thiazole rings is 1. The number of carbonyl (C=O) groups excluding carboxylic acids is 3. The van der Waals surface area contributed by atoms with E-state index in [0.717, 1.165) is 24.8 Å². The molecule has 3 heterocycles.